The average Bonchev–Trinajstić information content (AvgIpc) is 3.38. The second-order valence-corrected chi connectivity index (χ2v) is 7.51. The van der Waals surface area contributed by atoms with Crippen molar-refractivity contribution in [3.05, 3.63) is 63.9 Å². The molecule has 0 saturated carbocycles. The fourth-order valence-corrected chi connectivity index (χ4v) is 4.35. The zero-order valence-electron chi connectivity index (χ0n) is 14.4. The third-order valence-corrected chi connectivity index (χ3v) is 5.73. The molecule has 132 valence electrons. The molecule has 0 radical (unpaired) electrons. The van der Waals surface area contributed by atoms with Gasteiger partial charge in [-0.05, 0) is 34.5 Å². The molecule has 5 nitrogen and oxygen atoms in total. The predicted molar refractivity (Wildman–Crippen MR) is 105 cm³/mol. The maximum atomic E-state index is 12.9. The summed E-state index contributed by atoms with van der Waals surface area (Å²) < 4.78 is 7.29. The molecule has 0 N–H and O–H groups in total. The quantitative estimate of drug-likeness (QED) is 0.513. The first kappa shape index (κ1) is 16.8. The molecule has 7 heteroatoms. The highest BCUT2D eigenvalue weighted by Crippen LogP contribution is 2.30. The smallest absolute Gasteiger partial charge is 0.271 e. The van der Waals surface area contributed by atoms with Crippen LogP contribution >= 0.6 is 22.7 Å². The van der Waals surface area contributed by atoms with Crippen LogP contribution in [-0.2, 0) is 6.54 Å². The zero-order valence-corrected chi connectivity index (χ0v) is 16.0. The van der Waals surface area contributed by atoms with Crippen molar-refractivity contribution in [3.63, 3.8) is 0 Å². The molecule has 26 heavy (non-hydrogen) atoms. The molecule has 0 spiro atoms. The van der Waals surface area contributed by atoms with Crippen molar-refractivity contribution < 1.29 is 9.53 Å². The Hall–Kier alpha value is -2.64. The first-order chi connectivity index (χ1) is 12.7. The van der Waals surface area contributed by atoms with Gasteiger partial charge in [-0.15, -0.1) is 11.3 Å². The Morgan fingerprint density at radius 2 is 2.12 bits per heavy atom. The Kier molecular flexibility index (Phi) is 4.48. The van der Waals surface area contributed by atoms with E-state index in [1.54, 1.807) is 23.3 Å². The van der Waals surface area contributed by atoms with Gasteiger partial charge in [0.05, 0.1) is 12.8 Å². The molecular weight excluding hydrogens is 366 g/mol. The van der Waals surface area contributed by atoms with Gasteiger partial charge >= 0.3 is 0 Å². The summed E-state index contributed by atoms with van der Waals surface area (Å²) in [5.41, 5.74) is 3.47. The normalized spacial score (nSPS) is 11.0. The van der Waals surface area contributed by atoms with Crippen LogP contribution in [0, 0.1) is 0 Å². The molecule has 0 saturated heterocycles. The number of ether oxygens (including phenoxy) is 1. The van der Waals surface area contributed by atoms with Gasteiger partial charge in [0.15, 0.2) is 4.96 Å². The Morgan fingerprint density at radius 3 is 2.88 bits per heavy atom. The number of carbonyl (C=O) groups excluding carboxylic acids is 1. The van der Waals surface area contributed by atoms with Gasteiger partial charge in [-0.2, -0.15) is 11.3 Å². The first-order valence-corrected chi connectivity index (χ1v) is 9.86. The molecule has 1 amide bonds. The third-order valence-electron chi connectivity index (χ3n) is 4.16. The Labute approximate surface area is 159 Å². The number of hydrogen-bond donors (Lipinski definition) is 0. The van der Waals surface area contributed by atoms with E-state index in [9.17, 15) is 4.79 Å². The Balaban J connectivity index is 1.67. The van der Waals surface area contributed by atoms with Gasteiger partial charge in [0.2, 0.25) is 0 Å². The monoisotopic (exact) mass is 383 g/mol. The topological polar surface area (TPSA) is 46.8 Å². The van der Waals surface area contributed by atoms with Crippen molar-refractivity contribution in [2.45, 2.75) is 6.54 Å². The maximum absolute atomic E-state index is 12.9. The van der Waals surface area contributed by atoms with Gasteiger partial charge in [-0.3, -0.25) is 9.20 Å². The number of hydrogen-bond acceptors (Lipinski definition) is 5. The van der Waals surface area contributed by atoms with Gasteiger partial charge < -0.3 is 9.64 Å². The number of imidazole rings is 1. The van der Waals surface area contributed by atoms with E-state index >= 15 is 0 Å². The molecule has 0 unspecified atom stereocenters. The molecule has 0 aliphatic carbocycles. The fourth-order valence-electron chi connectivity index (χ4n) is 2.85. The van der Waals surface area contributed by atoms with Crippen LogP contribution in [0.2, 0.25) is 0 Å². The summed E-state index contributed by atoms with van der Waals surface area (Å²) in [6.45, 7) is 0.591. The molecule has 3 heterocycles. The molecule has 4 rings (SSSR count). The summed E-state index contributed by atoms with van der Waals surface area (Å²) >= 11 is 3.10. The Morgan fingerprint density at radius 1 is 1.27 bits per heavy atom. The number of fused-ring (bicyclic) bond motifs is 1. The minimum Gasteiger partial charge on any atom is -0.496 e. The van der Waals surface area contributed by atoms with E-state index in [0.29, 0.717) is 12.2 Å². The maximum Gasteiger partial charge on any atom is 0.271 e. The molecule has 0 fully saturated rings. The van der Waals surface area contributed by atoms with E-state index in [-0.39, 0.29) is 5.91 Å². The number of nitrogens with zero attached hydrogens (tertiary/aromatic N) is 3. The average molecular weight is 383 g/mol. The zero-order chi connectivity index (χ0) is 18.1. The number of thiazole rings is 1. The number of rotatable bonds is 5. The number of carbonyl (C=O) groups is 1. The number of para-hydroxylation sites is 1. The summed E-state index contributed by atoms with van der Waals surface area (Å²) in [7, 11) is 3.47. The highest BCUT2D eigenvalue weighted by molar-refractivity contribution is 7.15. The lowest BCUT2D eigenvalue weighted by atomic mass is 10.1. The van der Waals surface area contributed by atoms with Crippen LogP contribution in [0.25, 0.3) is 16.2 Å². The summed E-state index contributed by atoms with van der Waals surface area (Å²) in [6.07, 6.45) is 1.90. The van der Waals surface area contributed by atoms with Gasteiger partial charge in [0.25, 0.3) is 5.91 Å². The van der Waals surface area contributed by atoms with Crippen molar-refractivity contribution in [2.24, 2.45) is 0 Å². The lowest BCUT2D eigenvalue weighted by Crippen LogP contribution is -2.26. The second-order valence-electron chi connectivity index (χ2n) is 5.89. The van der Waals surface area contributed by atoms with E-state index in [0.717, 1.165) is 27.5 Å². The van der Waals surface area contributed by atoms with Gasteiger partial charge in [-0.25, -0.2) is 4.98 Å². The fraction of sp³-hybridized carbons (Fsp3) is 0.158. The van der Waals surface area contributed by atoms with E-state index in [2.05, 4.69) is 10.4 Å². The summed E-state index contributed by atoms with van der Waals surface area (Å²) in [6, 6.07) is 9.79. The minimum atomic E-state index is -0.0218. The molecule has 4 aromatic rings. The van der Waals surface area contributed by atoms with E-state index < -0.39 is 0 Å². The number of aromatic nitrogens is 2. The van der Waals surface area contributed by atoms with Gasteiger partial charge in [0.1, 0.15) is 11.4 Å². The minimum absolute atomic E-state index is 0.0218. The molecule has 0 aliphatic heterocycles. The van der Waals surface area contributed by atoms with E-state index in [4.69, 9.17) is 4.74 Å². The lowest BCUT2D eigenvalue weighted by Gasteiger charge is -2.15. The molecule has 0 atom stereocenters. The first-order valence-electron chi connectivity index (χ1n) is 8.04. The number of methoxy groups -OCH3 is 1. The van der Waals surface area contributed by atoms with Crippen molar-refractivity contribution in [3.8, 4) is 17.0 Å². The van der Waals surface area contributed by atoms with Crippen LogP contribution in [0.3, 0.4) is 0 Å². The Bertz CT molecular complexity index is 1050. The van der Waals surface area contributed by atoms with Crippen molar-refractivity contribution in [1.29, 1.82) is 0 Å². The van der Waals surface area contributed by atoms with Crippen LogP contribution in [0.15, 0.2) is 52.7 Å². The van der Waals surface area contributed by atoms with Gasteiger partial charge in [0, 0.05) is 30.7 Å². The molecule has 3 aromatic heterocycles. The SMILES string of the molecule is COc1ccccc1-c1cn2c(C(=O)N(C)Cc3ccsc3)csc2n1. The summed E-state index contributed by atoms with van der Waals surface area (Å²) in [5, 5.41) is 5.94. The van der Waals surface area contributed by atoms with Crippen LogP contribution in [0.5, 0.6) is 5.75 Å². The van der Waals surface area contributed by atoms with Crippen molar-refractivity contribution in [2.75, 3.05) is 14.2 Å². The van der Waals surface area contributed by atoms with E-state index in [1.807, 2.05) is 58.7 Å². The van der Waals surface area contributed by atoms with Crippen LogP contribution < -0.4 is 4.74 Å². The van der Waals surface area contributed by atoms with Crippen LogP contribution in [0.1, 0.15) is 16.1 Å². The second kappa shape index (κ2) is 6.93. The van der Waals surface area contributed by atoms with Crippen LogP contribution in [0.4, 0.5) is 0 Å². The standard InChI is InChI=1S/C19H17N3O2S2/c1-21(9-13-7-8-25-11-13)18(23)16-12-26-19-20-15(10-22(16)19)14-5-3-4-6-17(14)24-2/h3-8,10-12H,9H2,1-2H3. The molecule has 0 bridgehead atoms. The predicted octanol–water partition coefficient (Wildman–Crippen LogP) is 4.41. The van der Waals surface area contributed by atoms with Crippen molar-refractivity contribution >= 4 is 33.5 Å². The molecule has 1 aromatic carbocycles. The lowest BCUT2D eigenvalue weighted by molar-refractivity contribution is 0.0778. The van der Waals surface area contributed by atoms with Crippen LogP contribution in [-0.4, -0.2) is 34.3 Å². The molecule has 0 aliphatic rings. The molecular formula is C19H17N3O2S2. The van der Waals surface area contributed by atoms with E-state index in [1.165, 1.54) is 11.3 Å². The largest absolute Gasteiger partial charge is 0.496 e. The number of amides is 1. The number of thiophene rings is 1. The summed E-state index contributed by atoms with van der Waals surface area (Å²) in [5.74, 6) is 0.743. The summed E-state index contributed by atoms with van der Waals surface area (Å²) in [4.78, 5) is 20.1. The highest BCUT2D eigenvalue weighted by Gasteiger charge is 2.19. The van der Waals surface area contributed by atoms with Crippen molar-refractivity contribution in [1.82, 2.24) is 14.3 Å². The highest BCUT2D eigenvalue weighted by atomic mass is 32.1. The number of benzene rings is 1. The third kappa shape index (κ3) is 3.00. The van der Waals surface area contributed by atoms with Gasteiger partial charge in [-0.1, -0.05) is 12.1 Å².